The molecule has 13 nitrogen and oxygen atoms in total. The summed E-state index contributed by atoms with van der Waals surface area (Å²) in [6, 6.07) is 8.89. The fraction of sp³-hybridized carbons (Fsp3) is 0.321. The number of carbonyl (C=O) groups excluding carboxylic acids is 7. The zero-order valence-electron chi connectivity index (χ0n) is 22.4. The zero-order chi connectivity index (χ0) is 29.4. The number of hydrogen-bond donors (Lipinski definition) is 4. The Labute approximate surface area is 234 Å². The van der Waals surface area contributed by atoms with Crippen LogP contribution in [0.1, 0.15) is 62.3 Å². The molecule has 0 aromatic heterocycles. The largest absolute Gasteiger partial charge is 0.388 e. The Kier molecular flexibility index (Phi) is 7.26. The number of fused-ring (bicyclic) bond motifs is 2. The predicted molar refractivity (Wildman–Crippen MR) is 145 cm³/mol. The van der Waals surface area contributed by atoms with Gasteiger partial charge in [-0.3, -0.25) is 49.1 Å². The van der Waals surface area contributed by atoms with Crippen LogP contribution in [0.2, 0.25) is 0 Å². The molecular formula is C28H28N6O7. The second-order valence-corrected chi connectivity index (χ2v) is 9.98. The van der Waals surface area contributed by atoms with Crippen molar-refractivity contribution in [1.29, 1.82) is 0 Å². The van der Waals surface area contributed by atoms with Gasteiger partial charge in [-0.15, -0.1) is 0 Å². The molecule has 7 amide bonds. The van der Waals surface area contributed by atoms with Gasteiger partial charge in [0.05, 0.1) is 11.1 Å². The quantitative estimate of drug-likeness (QED) is 0.391. The van der Waals surface area contributed by atoms with Crippen molar-refractivity contribution in [3.63, 3.8) is 0 Å². The van der Waals surface area contributed by atoms with Gasteiger partial charge in [-0.2, -0.15) is 0 Å². The van der Waals surface area contributed by atoms with Crippen molar-refractivity contribution in [1.82, 2.24) is 20.4 Å². The van der Waals surface area contributed by atoms with E-state index in [1.807, 2.05) is 19.2 Å². The van der Waals surface area contributed by atoms with Crippen molar-refractivity contribution in [3.05, 3.63) is 58.7 Å². The molecule has 2 aromatic rings. The minimum atomic E-state index is -0.923. The van der Waals surface area contributed by atoms with Crippen LogP contribution in [-0.2, 0) is 25.7 Å². The van der Waals surface area contributed by atoms with Crippen LogP contribution in [0.4, 0.5) is 11.4 Å². The van der Waals surface area contributed by atoms with Crippen LogP contribution in [0.15, 0.2) is 36.4 Å². The molecule has 0 saturated carbocycles. The SMILES string of the molecule is CNc1ccc2c(c1)C(=O)N(C1CCC(=O)NC1=O)C2=O.CNc1ccc2c(c1)CN(C1CCC(=O)NC1=O)C2=O. The maximum absolute atomic E-state index is 12.4. The molecule has 4 N–H and O–H groups in total. The Balaban J connectivity index is 0.000000165. The monoisotopic (exact) mass is 560 g/mol. The van der Waals surface area contributed by atoms with Crippen molar-refractivity contribution in [2.75, 3.05) is 24.7 Å². The first-order valence-electron chi connectivity index (χ1n) is 13.1. The average Bonchev–Trinajstić information content (AvgIpc) is 3.41. The molecule has 41 heavy (non-hydrogen) atoms. The van der Waals surface area contributed by atoms with Crippen LogP contribution in [-0.4, -0.2) is 77.3 Å². The van der Waals surface area contributed by atoms with Gasteiger partial charge in [0.1, 0.15) is 12.1 Å². The number of rotatable bonds is 4. The second kappa shape index (κ2) is 10.8. The number of piperidine rings is 2. The number of nitrogens with one attached hydrogen (secondary N) is 4. The van der Waals surface area contributed by atoms with Crippen LogP contribution in [0.3, 0.4) is 0 Å². The molecular weight excluding hydrogens is 532 g/mol. The van der Waals surface area contributed by atoms with Crippen molar-refractivity contribution in [3.8, 4) is 0 Å². The first kappa shape index (κ1) is 27.5. The molecule has 6 rings (SSSR count). The van der Waals surface area contributed by atoms with E-state index < -0.39 is 29.8 Å². The molecule has 2 saturated heterocycles. The van der Waals surface area contributed by atoms with E-state index in [4.69, 9.17) is 0 Å². The molecule has 4 aliphatic rings. The van der Waals surface area contributed by atoms with Crippen LogP contribution in [0.25, 0.3) is 0 Å². The summed E-state index contributed by atoms with van der Waals surface area (Å²) in [7, 11) is 3.53. The molecule has 0 bridgehead atoms. The van der Waals surface area contributed by atoms with Gasteiger partial charge in [0.15, 0.2) is 0 Å². The number of imide groups is 3. The second-order valence-electron chi connectivity index (χ2n) is 9.98. The highest BCUT2D eigenvalue weighted by Gasteiger charge is 2.44. The molecule has 13 heteroatoms. The van der Waals surface area contributed by atoms with Crippen molar-refractivity contribution in [2.24, 2.45) is 0 Å². The Morgan fingerprint density at radius 2 is 1.20 bits per heavy atom. The molecule has 0 spiro atoms. The molecule has 0 aliphatic carbocycles. The van der Waals surface area contributed by atoms with Gasteiger partial charge >= 0.3 is 0 Å². The maximum atomic E-state index is 12.4. The Morgan fingerprint density at radius 3 is 1.78 bits per heavy atom. The summed E-state index contributed by atoms with van der Waals surface area (Å²) in [5.74, 6) is -2.77. The van der Waals surface area contributed by atoms with Gasteiger partial charge in [0.25, 0.3) is 17.7 Å². The number of benzene rings is 2. The van der Waals surface area contributed by atoms with Crippen molar-refractivity contribution >= 4 is 52.7 Å². The van der Waals surface area contributed by atoms with Crippen molar-refractivity contribution in [2.45, 2.75) is 44.3 Å². The highest BCUT2D eigenvalue weighted by molar-refractivity contribution is 6.23. The summed E-state index contributed by atoms with van der Waals surface area (Å²) >= 11 is 0. The van der Waals surface area contributed by atoms with Gasteiger partial charge in [0.2, 0.25) is 23.6 Å². The lowest BCUT2D eigenvalue weighted by molar-refractivity contribution is -0.138. The van der Waals surface area contributed by atoms with Crippen LogP contribution in [0.5, 0.6) is 0 Å². The molecule has 2 fully saturated rings. The van der Waals surface area contributed by atoms with E-state index in [1.165, 1.54) is 0 Å². The van der Waals surface area contributed by atoms with E-state index in [1.54, 1.807) is 36.2 Å². The third-order valence-electron chi connectivity index (χ3n) is 7.54. The van der Waals surface area contributed by atoms with E-state index in [0.29, 0.717) is 24.2 Å². The predicted octanol–water partition coefficient (Wildman–Crippen LogP) is 0.619. The summed E-state index contributed by atoms with van der Waals surface area (Å²) in [4.78, 5) is 85.7. The van der Waals surface area contributed by atoms with Crippen LogP contribution < -0.4 is 21.3 Å². The van der Waals surface area contributed by atoms with Crippen molar-refractivity contribution < 1.29 is 33.6 Å². The fourth-order valence-corrected chi connectivity index (χ4v) is 5.36. The number of amides is 7. The lowest BCUT2D eigenvalue weighted by Gasteiger charge is -2.29. The highest BCUT2D eigenvalue weighted by Crippen LogP contribution is 2.30. The summed E-state index contributed by atoms with van der Waals surface area (Å²) in [5, 5.41) is 10.4. The van der Waals surface area contributed by atoms with Crippen LogP contribution in [0, 0.1) is 0 Å². The molecule has 2 aromatic carbocycles. The minimum absolute atomic E-state index is 0.117. The third kappa shape index (κ3) is 5.01. The number of nitrogens with zero attached hydrogens (tertiary/aromatic N) is 2. The lowest BCUT2D eigenvalue weighted by Crippen LogP contribution is -2.54. The first-order chi connectivity index (χ1) is 19.6. The van der Waals surface area contributed by atoms with Gasteiger partial charge in [-0.1, -0.05) is 0 Å². The Hall–Kier alpha value is -5.07. The summed E-state index contributed by atoms with van der Waals surface area (Å²) in [6.45, 7) is 0.413. The Morgan fingerprint density at radius 1 is 0.659 bits per heavy atom. The normalized spacial score (nSPS) is 21.6. The zero-order valence-corrected chi connectivity index (χ0v) is 22.4. The van der Waals surface area contributed by atoms with Crippen LogP contribution >= 0.6 is 0 Å². The van der Waals surface area contributed by atoms with E-state index >= 15 is 0 Å². The number of carbonyl (C=O) groups is 7. The fourth-order valence-electron chi connectivity index (χ4n) is 5.36. The molecule has 2 atom stereocenters. The molecule has 4 heterocycles. The molecule has 0 radical (unpaired) electrons. The highest BCUT2D eigenvalue weighted by atomic mass is 16.2. The summed E-state index contributed by atoms with van der Waals surface area (Å²) in [6.07, 6.45) is 0.947. The Bertz CT molecular complexity index is 1520. The summed E-state index contributed by atoms with van der Waals surface area (Å²) in [5.41, 5.74) is 3.74. The van der Waals surface area contributed by atoms with Gasteiger partial charge in [0, 0.05) is 50.4 Å². The summed E-state index contributed by atoms with van der Waals surface area (Å²) < 4.78 is 0. The third-order valence-corrected chi connectivity index (χ3v) is 7.54. The lowest BCUT2D eigenvalue weighted by atomic mass is 10.0. The maximum Gasteiger partial charge on any atom is 0.262 e. The molecule has 212 valence electrons. The standard InChI is InChI=1S/C14H13N3O4.C14H15N3O3/c1-15-7-2-3-8-9(6-7)14(21)17(13(8)20)10-4-5-11(18)16-12(10)19;1-15-9-2-3-10-8(6-9)7-17(14(10)20)11-4-5-12(18)16-13(11)19/h2-3,6,10,15H,4-5H2,1H3,(H,16,18,19);2-3,6,11,15H,4-5,7H2,1H3,(H,16,18,19). The number of hydrogen-bond acceptors (Lipinski definition) is 9. The van der Waals surface area contributed by atoms with E-state index in [0.717, 1.165) is 16.2 Å². The van der Waals surface area contributed by atoms with E-state index in [-0.39, 0.29) is 54.0 Å². The number of anilines is 2. The van der Waals surface area contributed by atoms with E-state index in [9.17, 15) is 33.6 Å². The van der Waals surface area contributed by atoms with Gasteiger partial charge in [-0.05, 0) is 54.8 Å². The van der Waals surface area contributed by atoms with E-state index in [2.05, 4.69) is 21.3 Å². The van der Waals surface area contributed by atoms with Gasteiger partial charge < -0.3 is 15.5 Å². The average molecular weight is 561 g/mol. The van der Waals surface area contributed by atoms with Gasteiger partial charge in [-0.25, -0.2) is 0 Å². The smallest absolute Gasteiger partial charge is 0.262 e. The molecule has 4 aliphatic heterocycles. The molecule has 2 unspecified atom stereocenters. The topological polar surface area (TPSA) is 174 Å². The minimum Gasteiger partial charge on any atom is -0.388 e. The first-order valence-corrected chi connectivity index (χ1v) is 13.1.